The number of rotatable bonds is 2. The van der Waals surface area contributed by atoms with Gasteiger partial charge in [-0.2, -0.15) is 5.26 Å². The lowest BCUT2D eigenvalue weighted by atomic mass is 10.0. The molecular formula is C12H12N2. The summed E-state index contributed by atoms with van der Waals surface area (Å²) >= 11 is 0. The van der Waals surface area contributed by atoms with Gasteiger partial charge in [0, 0.05) is 23.0 Å². The van der Waals surface area contributed by atoms with Crippen molar-refractivity contribution < 1.29 is 0 Å². The van der Waals surface area contributed by atoms with Crippen molar-refractivity contribution in [1.29, 1.82) is 5.26 Å². The molecule has 0 saturated carbocycles. The third kappa shape index (κ3) is 1.49. The number of nitrogens with one attached hydrogen (secondary N) is 1. The monoisotopic (exact) mass is 184 g/mol. The summed E-state index contributed by atoms with van der Waals surface area (Å²) < 4.78 is 0. The van der Waals surface area contributed by atoms with Crippen molar-refractivity contribution in [3.63, 3.8) is 0 Å². The minimum Gasteiger partial charge on any atom is -0.361 e. The van der Waals surface area contributed by atoms with Crippen molar-refractivity contribution in [1.82, 2.24) is 4.98 Å². The highest BCUT2D eigenvalue weighted by molar-refractivity contribution is 5.83. The first-order valence-electron chi connectivity index (χ1n) is 4.76. The third-order valence-corrected chi connectivity index (χ3v) is 2.42. The van der Waals surface area contributed by atoms with Gasteiger partial charge in [-0.05, 0) is 25.0 Å². The molecule has 0 aliphatic carbocycles. The topological polar surface area (TPSA) is 39.6 Å². The fourth-order valence-corrected chi connectivity index (χ4v) is 1.68. The first kappa shape index (κ1) is 8.83. The number of fused-ring (bicyclic) bond motifs is 1. The lowest BCUT2D eigenvalue weighted by molar-refractivity contribution is 0.743. The number of para-hydroxylation sites is 1. The summed E-state index contributed by atoms with van der Waals surface area (Å²) in [6, 6.07) is 10.4. The molecule has 0 fully saturated rings. The zero-order valence-electron chi connectivity index (χ0n) is 8.12. The van der Waals surface area contributed by atoms with E-state index in [0.29, 0.717) is 0 Å². The predicted molar refractivity (Wildman–Crippen MR) is 56.8 cm³/mol. The first-order chi connectivity index (χ1) is 6.81. The SMILES string of the molecule is CC(C#N)Cc1c[nH]c2ccccc12. The van der Waals surface area contributed by atoms with E-state index >= 15 is 0 Å². The molecule has 2 nitrogen and oxygen atoms in total. The number of benzene rings is 1. The molecule has 2 aromatic rings. The fourth-order valence-electron chi connectivity index (χ4n) is 1.68. The second-order valence-electron chi connectivity index (χ2n) is 3.59. The Bertz CT molecular complexity index is 476. The van der Waals surface area contributed by atoms with E-state index in [-0.39, 0.29) is 5.92 Å². The van der Waals surface area contributed by atoms with Gasteiger partial charge in [-0.3, -0.25) is 0 Å². The van der Waals surface area contributed by atoms with Gasteiger partial charge in [0.25, 0.3) is 0 Å². The highest BCUT2D eigenvalue weighted by Crippen LogP contribution is 2.20. The summed E-state index contributed by atoms with van der Waals surface area (Å²) in [4.78, 5) is 3.21. The molecule has 0 aliphatic rings. The van der Waals surface area contributed by atoms with Crippen LogP contribution in [0.5, 0.6) is 0 Å². The highest BCUT2D eigenvalue weighted by atomic mass is 14.7. The molecule has 0 radical (unpaired) electrons. The molecule has 70 valence electrons. The Kier molecular flexibility index (Phi) is 2.24. The molecule has 1 atom stereocenters. The van der Waals surface area contributed by atoms with Crippen LogP contribution in [0.3, 0.4) is 0 Å². The largest absolute Gasteiger partial charge is 0.361 e. The molecule has 1 heterocycles. The average Bonchev–Trinajstić information content (AvgIpc) is 2.62. The summed E-state index contributed by atoms with van der Waals surface area (Å²) in [7, 11) is 0. The van der Waals surface area contributed by atoms with E-state index < -0.39 is 0 Å². The zero-order valence-corrected chi connectivity index (χ0v) is 8.12. The van der Waals surface area contributed by atoms with Gasteiger partial charge in [-0.25, -0.2) is 0 Å². The maximum absolute atomic E-state index is 8.75. The van der Waals surface area contributed by atoms with Crippen LogP contribution in [0.15, 0.2) is 30.5 Å². The van der Waals surface area contributed by atoms with Crippen LogP contribution < -0.4 is 0 Å². The molecule has 0 spiro atoms. The van der Waals surface area contributed by atoms with Gasteiger partial charge < -0.3 is 4.98 Å². The molecule has 0 saturated heterocycles. The van der Waals surface area contributed by atoms with Crippen molar-refractivity contribution in [3.8, 4) is 6.07 Å². The van der Waals surface area contributed by atoms with Gasteiger partial charge in [-0.15, -0.1) is 0 Å². The molecule has 0 aliphatic heterocycles. The van der Waals surface area contributed by atoms with Crippen LogP contribution in [-0.4, -0.2) is 4.98 Å². The molecular weight excluding hydrogens is 172 g/mol. The van der Waals surface area contributed by atoms with E-state index in [4.69, 9.17) is 5.26 Å². The van der Waals surface area contributed by atoms with Gasteiger partial charge in [0.1, 0.15) is 0 Å². The Morgan fingerprint density at radius 1 is 1.43 bits per heavy atom. The smallest absolute Gasteiger partial charge is 0.0656 e. The maximum atomic E-state index is 8.75. The predicted octanol–water partition coefficient (Wildman–Crippen LogP) is 2.87. The van der Waals surface area contributed by atoms with E-state index in [0.717, 1.165) is 11.9 Å². The summed E-state index contributed by atoms with van der Waals surface area (Å²) in [5.74, 6) is 0.0780. The Morgan fingerprint density at radius 3 is 3.00 bits per heavy atom. The number of nitrogens with zero attached hydrogens (tertiary/aromatic N) is 1. The van der Waals surface area contributed by atoms with Crippen LogP contribution in [-0.2, 0) is 6.42 Å². The van der Waals surface area contributed by atoms with Crippen molar-refractivity contribution in [3.05, 3.63) is 36.0 Å². The summed E-state index contributed by atoms with van der Waals surface area (Å²) in [5.41, 5.74) is 2.38. The number of hydrogen-bond acceptors (Lipinski definition) is 1. The molecule has 1 unspecified atom stereocenters. The number of hydrogen-bond donors (Lipinski definition) is 1. The van der Waals surface area contributed by atoms with E-state index in [1.54, 1.807) is 0 Å². The van der Waals surface area contributed by atoms with Crippen molar-refractivity contribution in [2.24, 2.45) is 5.92 Å². The fraction of sp³-hybridized carbons (Fsp3) is 0.250. The van der Waals surface area contributed by atoms with Crippen LogP contribution in [0.2, 0.25) is 0 Å². The van der Waals surface area contributed by atoms with E-state index in [1.807, 2.05) is 25.3 Å². The molecule has 1 aromatic carbocycles. The minimum absolute atomic E-state index is 0.0780. The molecule has 2 heteroatoms. The normalized spacial score (nSPS) is 12.6. The Morgan fingerprint density at radius 2 is 2.21 bits per heavy atom. The van der Waals surface area contributed by atoms with Crippen LogP contribution in [0.25, 0.3) is 10.9 Å². The standard InChI is InChI=1S/C12H12N2/c1-9(7-13)6-10-8-14-12-5-3-2-4-11(10)12/h2-5,8-9,14H,6H2,1H3. The van der Waals surface area contributed by atoms with Gasteiger partial charge in [0.2, 0.25) is 0 Å². The summed E-state index contributed by atoms with van der Waals surface area (Å²) in [6.07, 6.45) is 2.82. The van der Waals surface area contributed by atoms with Gasteiger partial charge >= 0.3 is 0 Å². The maximum Gasteiger partial charge on any atom is 0.0656 e. The van der Waals surface area contributed by atoms with Crippen LogP contribution >= 0.6 is 0 Å². The van der Waals surface area contributed by atoms with Crippen molar-refractivity contribution >= 4 is 10.9 Å². The second-order valence-corrected chi connectivity index (χ2v) is 3.59. The molecule has 2 rings (SSSR count). The van der Waals surface area contributed by atoms with Crippen LogP contribution in [0.1, 0.15) is 12.5 Å². The number of nitriles is 1. The second kappa shape index (κ2) is 3.55. The quantitative estimate of drug-likeness (QED) is 0.765. The first-order valence-corrected chi connectivity index (χ1v) is 4.76. The zero-order chi connectivity index (χ0) is 9.97. The van der Waals surface area contributed by atoms with Crippen molar-refractivity contribution in [2.45, 2.75) is 13.3 Å². The van der Waals surface area contributed by atoms with E-state index in [2.05, 4.69) is 23.2 Å². The lowest BCUT2D eigenvalue weighted by Gasteiger charge is -1.99. The van der Waals surface area contributed by atoms with Crippen LogP contribution in [0.4, 0.5) is 0 Å². The molecule has 14 heavy (non-hydrogen) atoms. The minimum atomic E-state index is 0.0780. The van der Waals surface area contributed by atoms with E-state index in [9.17, 15) is 0 Å². The number of aromatic amines is 1. The van der Waals surface area contributed by atoms with Crippen LogP contribution in [0, 0.1) is 17.2 Å². The molecule has 0 amide bonds. The third-order valence-electron chi connectivity index (χ3n) is 2.42. The number of aromatic nitrogens is 1. The van der Waals surface area contributed by atoms with E-state index in [1.165, 1.54) is 10.9 Å². The van der Waals surface area contributed by atoms with Gasteiger partial charge in [0.15, 0.2) is 0 Å². The molecule has 1 N–H and O–H groups in total. The summed E-state index contributed by atoms with van der Waals surface area (Å²) in [5, 5.41) is 9.98. The van der Waals surface area contributed by atoms with Crippen molar-refractivity contribution in [2.75, 3.05) is 0 Å². The Hall–Kier alpha value is -1.75. The highest BCUT2D eigenvalue weighted by Gasteiger charge is 2.06. The average molecular weight is 184 g/mol. The Labute approximate surface area is 83.2 Å². The molecule has 0 bridgehead atoms. The Balaban J connectivity index is 2.39. The number of H-pyrrole nitrogens is 1. The lowest BCUT2D eigenvalue weighted by Crippen LogP contribution is -1.94. The summed E-state index contributed by atoms with van der Waals surface area (Å²) in [6.45, 7) is 1.95. The van der Waals surface area contributed by atoms with Gasteiger partial charge in [0.05, 0.1) is 6.07 Å². The molecule has 1 aromatic heterocycles. The van der Waals surface area contributed by atoms with Gasteiger partial charge in [-0.1, -0.05) is 18.2 Å².